The van der Waals surface area contributed by atoms with Crippen LogP contribution < -0.4 is 0 Å². The van der Waals surface area contributed by atoms with Crippen LogP contribution in [-0.2, 0) is 4.74 Å². The molecule has 1 unspecified atom stereocenters. The van der Waals surface area contributed by atoms with E-state index in [1.165, 1.54) is 12.1 Å². The molecule has 96 valence electrons. The van der Waals surface area contributed by atoms with Gasteiger partial charge in [-0.05, 0) is 38.2 Å². The Morgan fingerprint density at radius 1 is 1.35 bits per heavy atom. The molecule has 1 aliphatic carbocycles. The third-order valence-electron chi connectivity index (χ3n) is 4.15. The minimum Gasteiger partial charge on any atom is -0.375 e. The van der Waals surface area contributed by atoms with Crippen molar-refractivity contribution in [2.24, 2.45) is 11.8 Å². The van der Waals surface area contributed by atoms with Gasteiger partial charge < -0.3 is 9.64 Å². The van der Waals surface area contributed by atoms with E-state index in [2.05, 4.69) is 50.8 Å². The average molecular weight is 235 g/mol. The van der Waals surface area contributed by atoms with E-state index in [9.17, 15) is 0 Å². The van der Waals surface area contributed by atoms with Crippen molar-refractivity contribution in [3.8, 4) is 0 Å². The first-order valence-electron chi connectivity index (χ1n) is 6.86. The molecule has 2 rings (SSSR count). The van der Waals surface area contributed by atoms with Gasteiger partial charge in [0, 0.05) is 12.2 Å². The van der Waals surface area contributed by atoms with E-state index in [1.54, 1.807) is 0 Å². The number of ether oxygens (including phenoxy) is 1. The molecule has 17 heavy (non-hydrogen) atoms. The van der Waals surface area contributed by atoms with Crippen molar-refractivity contribution < 1.29 is 4.74 Å². The van der Waals surface area contributed by atoms with Crippen LogP contribution in [0.3, 0.4) is 0 Å². The Hall–Kier alpha value is -0.760. The molecular weight excluding hydrogens is 210 g/mol. The first-order valence-corrected chi connectivity index (χ1v) is 6.86. The van der Waals surface area contributed by atoms with Crippen LogP contribution in [-0.4, -0.2) is 30.2 Å². The Balaban J connectivity index is 2.12. The van der Waals surface area contributed by atoms with Crippen LogP contribution in [0.4, 0.5) is 0 Å². The maximum atomic E-state index is 5.69. The first-order chi connectivity index (χ1) is 8.09. The van der Waals surface area contributed by atoms with Gasteiger partial charge in [-0.2, -0.15) is 0 Å². The molecule has 0 saturated carbocycles. The smallest absolute Gasteiger partial charge is 0.0748 e. The Kier molecular flexibility index (Phi) is 3.93. The second-order valence-electron chi connectivity index (χ2n) is 5.65. The summed E-state index contributed by atoms with van der Waals surface area (Å²) in [7, 11) is 0. The summed E-state index contributed by atoms with van der Waals surface area (Å²) in [5.74, 6) is 1.42. The molecule has 0 aromatic carbocycles. The van der Waals surface area contributed by atoms with Gasteiger partial charge in [0.2, 0.25) is 0 Å². The number of hydrogen-bond acceptors (Lipinski definition) is 2. The minimum absolute atomic E-state index is 0.331. The van der Waals surface area contributed by atoms with E-state index in [1.807, 2.05) is 0 Å². The molecule has 0 aromatic heterocycles. The van der Waals surface area contributed by atoms with Gasteiger partial charge in [0.15, 0.2) is 0 Å². The summed E-state index contributed by atoms with van der Waals surface area (Å²) in [5.41, 5.74) is 1.40. The van der Waals surface area contributed by atoms with E-state index in [0.29, 0.717) is 18.1 Å². The van der Waals surface area contributed by atoms with E-state index >= 15 is 0 Å². The van der Waals surface area contributed by atoms with Crippen LogP contribution in [0.5, 0.6) is 0 Å². The van der Waals surface area contributed by atoms with Gasteiger partial charge in [0.05, 0.1) is 18.8 Å². The van der Waals surface area contributed by atoms with E-state index in [0.717, 1.165) is 19.1 Å². The normalized spacial score (nSPS) is 34.1. The van der Waals surface area contributed by atoms with Gasteiger partial charge in [-0.3, -0.25) is 0 Å². The summed E-state index contributed by atoms with van der Waals surface area (Å²) in [5, 5.41) is 0. The standard InChI is InChI=1S/C15H25NO/c1-11(2)14-6-5-7-15(10-14)16-8-9-17-13(4)12(16)3/h5,7,10-14H,6,8-9H2,1-4H3/t12-,13+,14?/m0/s1. The second-order valence-corrected chi connectivity index (χ2v) is 5.65. The summed E-state index contributed by atoms with van der Waals surface area (Å²) in [6.07, 6.45) is 8.59. The first kappa shape index (κ1) is 12.7. The lowest BCUT2D eigenvalue weighted by atomic mass is 9.88. The molecule has 0 N–H and O–H groups in total. The Morgan fingerprint density at radius 2 is 2.12 bits per heavy atom. The van der Waals surface area contributed by atoms with Crippen molar-refractivity contribution in [3.05, 3.63) is 23.9 Å². The highest BCUT2D eigenvalue weighted by Crippen LogP contribution is 2.28. The summed E-state index contributed by atoms with van der Waals surface area (Å²) >= 11 is 0. The molecule has 2 heteroatoms. The zero-order valence-corrected chi connectivity index (χ0v) is 11.5. The van der Waals surface area contributed by atoms with E-state index in [4.69, 9.17) is 4.74 Å². The van der Waals surface area contributed by atoms with Crippen LogP contribution in [0, 0.1) is 11.8 Å². The van der Waals surface area contributed by atoms with Crippen LogP contribution in [0.25, 0.3) is 0 Å². The lowest BCUT2D eigenvalue weighted by Crippen LogP contribution is -2.47. The molecule has 1 saturated heterocycles. The summed E-state index contributed by atoms with van der Waals surface area (Å²) in [6, 6.07) is 0.477. The van der Waals surface area contributed by atoms with Gasteiger partial charge >= 0.3 is 0 Å². The molecule has 0 radical (unpaired) electrons. The van der Waals surface area contributed by atoms with Gasteiger partial charge in [-0.1, -0.05) is 26.0 Å². The number of nitrogens with zero attached hydrogens (tertiary/aromatic N) is 1. The Morgan fingerprint density at radius 3 is 2.82 bits per heavy atom. The fraction of sp³-hybridized carbons (Fsp3) is 0.733. The third kappa shape index (κ3) is 2.74. The van der Waals surface area contributed by atoms with E-state index < -0.39 is 0 Å². The van der Waals surface area contributed by atoms with Crippen molar-refractivity contribution in [1.82, 2.24) is 4.90 Å². The largest absolute Gasteiger partial charge is 0.375 e. The predicted octanol–water partition coefficient (Wildman–Crippen LogP) is 3.21. The lowest BCUT2D eigenvalue weighted by Gasteiger charge is -2.41. The quantitative estimate of drug-likeness (QED) is 0.728. The van der Waals surface area contributed by atoms with Gasteiger partial charge in [-0.25, -0.2) is 0 Å². The van der Waals surface area contributed by atoms with Crippen molar-refractivity contribution in [3.63, 3.8) is 0 Å². The minimum atomic E-state index is 0.331. The fourth-order valence-corrected chi connectivity index (χ4v) is 2.64. The zero-order chi connectivity index (χ0) is 12.4. The molecule has 0 aromatic rings. The molecule has 1 aliphatic heterocycles. The highest BCUT2D eigenvalue weighted by Gasteiger charge is 2.27. The SMILES string of the molecule is CC(C)C1C=C(N2CCO[C@H](C)[C@@H]2C)C=CC1. The van der Waals surface area contributed by atoms with Crippen LogP contribution in [0.15, 0.2) is 23.9 Å². The number of hydrogen-bond donors (Lipinski definition) is 0. The maximum Gasteiger partial charge on any atom is 0.0748 e. The highest BCUT2D eigenvalue weighted by atomic mass is 16.5. The number of rotatable bonds is 2. The van der Waals surface area contributed by atoms with Crippen molar-refractivity contribution in [2.45, 2.75) is 46.3 Å². The topological polar surface area (TPSA) is 12.5 Å². The molecule has 1 heterocycles. The van der Waals surface area contributed by atoms with Crippen LogP contribution in [0.1, 0.15) is 34.1 Å². The predicted molar refractivity (Wildman–Crippen MR) is 71.8 cm³/mol. The van der Waals surface area contributed by atoms with Crippen LogP contribution in [0.2, 0.25) is 0 Å². The maximum absolute atomic E-state index is 5.69. The Labute approximate surface area is 105 Å². The summed E-state index contributed by atoms with van der Waals surface area (Å²) in [6.45, 7) is 10.9. The average Bonchev–Trinajstić information content (AvgIpc) is 2.33. The molecule has 0 bridgehead atoms. The molecule has 1 fully saturated rings. The number of allylic oxidation sites excluding steroid dienone is 3. The van der Waals surface area contributed by atoms with Gasteiger partial charge in [0.25, 0.3) is 0 Å². The monoisotopic (exact) mass is 235 g/mol. The summed E-state index contributed by atoms with van der Waals surface area (Å²) in [4.78, 5) is 2.50. The summed E-state index contributed by atoms with van der Waals surface area (Å²) < 4.78 is 5.69. The fourth-order valence-electron chi connectivity index (χ4n) is 2.64. The van der Waals surface area contributed by atoms with Gasteiger partial charge in [-0.15, -0.1) is 0 Å². The molecule has 2 aliphatic rings. The third-order valence-corrected chi connectivity index (χ3v) is 4.15. The zero-order valence-electron chi connectivity index (χ0n) is 11.5. The van der Waals surface area contributed by atoms with Crippen LogP contribution >= 0.6 is 0 Å². The molecule has 0 spiro atoms. The Bertz CT molecular complexity index is 319. The molecule has 0 amide bonds. The van der Waals surface area contributed by atoms with E-state index in [-0.39, 0.29) is 0 Å². The lowest BCUT2D eigenvalue weighted by molar-refractivity contribution is -0.0405. The second kappa shape index (κ2) is 5.26. The molecular formula is C15H25NO. The van der Waals surface area contributed by atoms with Crippen molar-refractivity contribution in [2.75, 3.05) is 13.2 Å². The number of morpholine rings is 1. The van der Waals surface area contributed by atoms with Gasteiger partial charge in [0.1, 0.15) is 0 Å². The van der Waals surface area contributed by atoms with Crippen molar-refractivity contribution in [1.29, 1.82) is 0 Å². The molecule has 2 nitrogen and oxygen atoms in total. The van der Waals surface area contributed by atoms with Crippen molar-refractivity contribution >= 4 is 0 Å². The highest BCUT2D eigenvalue weighted by molar-refractivity contribution is 5.24. The molecule has 3 atom stereocenters.